The highest BCUT2D eigenvalue weighted by atomic mass is 32.1. The smallest absolute Gasteiger partial charge is 0.265 e. The van der Waals surface area contributed by atoms with Crippen molar-refractivity contribution in [3.8, 4) is 0 Å². The zero-order valence-electron chi connectivity index (χ0n) is 10.1. The van der Waals surface area contributed by atoms with Gasteiger partial charge in [0.2, 0.25) is 0 Å². The summed E-state index contributed by atoms with van der Waals surface area (Å²) in [7, 11) is 0. The summed E-state index contributed by atoms with van der Waals surface area (Å²) in [4.78, 5) is 19.1. The lowest BCUT2D eigenvalue weighted by atomic mass is 10.1. The maximum absolute atomic E-state index is 12.3. The molecule has 0 unspecified atom stereocenters. The van der Waals surface area contributed by atoms with Gasteiger partial charge in [0.1, 0.15) is 4.88 Å². The minimum atomic E-state index is 0.108. The van der Waals surface area contributed by atoms with Crippen LogP contribution in [0.3, 0.4) is 0 Å². The third-order valence-corrected chi connectivity index (χ3v) is 4.29. The lowest BCUT2D eigenvalue weighted by Gasteiger charge is -2.15. The first-order valence-electron chi connectivity index (χ1n) is 5.94. The quantitative estimate of drug-likeness (QED) is 0.897. The average Bonchev–Trinajstić information content (AvgIpc) is 3.09. The van der Waals surface area contributed by atoms with Crippen LogP contribution in [0.25, 0.3) is 0 Å². The van der Waals surface area contributed by atoms with Crippen LogP contribution in [0.4, 0.5) is 0 Å². The molecule has 3 rings (SSSR count). The summed E-state index contributed by atoms with van der Waals surface area (Å²) in [5.74, 6) is 0.488. The number of H-pyrrole nitrogens is 1. The molecule has 0 bridgehead atoms. The molecule has 0 saturated carbocycles. The highest BCUT2D eigenvalue weighted by Crippen LogP contribution is 2.27. The van der Waals surface area contributed by atoms with E-state index in [2.05, 4.69) is 15.2 Å². The Kier molecular flexibility index (Phi) is 2.87. The fourth-order valence-corrected chi connectivity index (χ4v) is 3.11. The van der Waals surface area contributed by atoms with Crippen LogP contribution < -0.4 is 0 Å². The first-order valence-corrected chi connectivity index (χ1v) is 6.82. The van der Waals surface area contributed by atoms with E-state index in [1.807, 2.05) is 17.9 Å². The minimum Gasteiger partial charge on any atom is -0.337 e. The summed E-state index contributed by atoms with van der Waals surface area (Å²) in [5, 5.41) is 6.95. The van der Waals surface area contributed by atoms with E-state index in [1.165, 1.54) is 11.3 Å². The summed E-state index contributed by atoms with van der Waals surface area (Å²) >= 11 is 1.42. The molecule has 1 fully saturated rings. The number of thiazole rings is 1. The molecular formula is C12H14N4OS. The number of rotatable bonds is 2. The molecule has 0 aromatic carbocycles. The molecule has 1 aliphatic heterocycles. The molecule has 18 heavy (non-hydrogen) atoms. The molecule has 94 valence electrons. The SMILES string of the molecule is Cc1ncsc1C(=O)N1CC[C@@H](c2ccn[nH]2)C1. The fourth-order valence-electron chi connectivity index (χ4n) is 2.34. The van der Waals surface area contributed by atoms with E-state index in [1.54, 1.807) is 11.7 Å². The van der Waals surface area contributed by atoms with Crippen molar-refractivity contribution in [2.45, 2.75) is 19.3 Å². The summed E-state index contributed by atoms with van der Waals surface area (Å²) in [5.41, 5.74) is 3.67. The van der Waals surface area contributed by atoms with Crippen molar-refractivity contribution >= 4 is 17.2 Å². The van der Waals surface area contributed by atoms with Crippen LogP contribution in [0.5, 0.6) is 0 Å². The number of carbonyl (C=O) groups excluding carboxylic acids is 1. The van der Waals surface area contributed by atoms with Gasteiger partial charge in [-0.15, -0.1) is 11.3 Å². The highest BCUT2D eigenvalue weighted by Gasteiger charge is 2.29. The van der Waals surface area contributed by atoms with E-state index in [9.17, 15) is 4.79 Å². The van der Waals surface area contributed by atoms with Gasteiger partial charge in [0.25, 0.3) is 5.91 Å². The van der Waals surface area contributed by atoms with Crippen molar-refractivity contribution in [2.24, 2.45) is 0 Å². The van der Waals surface area contributed by atoms with Gasteiger partial charge in [0.15, 0.2) is 0 Å². The van der Waals surface area contributed by atoms with Crippen molar-refractivity contribution in [1.29, 1.82) is 0 Å². The molecule has 0 aliphatic carbocycles. The van der Waals surface area contributed by atoms with Crippen molar-refractivity contribution in [1.82, 2.24) is 20.1 Å². The number of nitrogens with zero attached hydrogens (tertiary/aromatic N) is 3. The molecule has 2 aromatic rings. The number of aromatic amines is 1. The maximum atomic E-state index is 12.3. The molecule has 1 N–H and O–H groups in total. The molecule has 1 saturated heterocycles. The molecule has 0 spiro atoms. The van der Waals surface area contributed by atoms with Crippen LogP contribution in [0.2, 0.25) is 0 Å². The maximum Gasteiger partial charge on any atom is 0.265 e. The van der Waals surface area contributed by atoms with Crippen LogP contribution >= 0.6 is 11.3 Å². The van der Waals surface area contributed by atoms with Gasteiger partial charge in [-0.2, -0.15) is 5.10 Å². The summed E-state index contributed by atoms with van der Waals surface area (Å²) in [6.07, 6.45) is 2.75. The number of nitrogens with one attached hydrogen (secondary N) is 1. The van der Waals surface area contributed by atoms with Gasteiger partial charge in [-0.3, -0.25) is 9.89 Å². The van der Waals surface area contributed by atoms with Gasteiger partial charge in [-0.05, 0) is 19.4 Å². The predicted octanol–water partition coefficient (Wildman–Crippen LogP) is 1.80. The normalized spacial score (nSPS) is 19.4. The summed E-state index contributed by atoms with van der Waals surface area (Å²) < 4.78 is 0. The van der Waals surface area contributed by atoms with Gasteiger partial charge >= 0.3 is 0 Å². The zero-order chi connectivity index (χ0) is 12.5. The largest absolute Gasteiger partial charge is 0.337 e. The lowest BCUT2D eigenvalue weighted by Crippen LogP contribution is -2.28. The molecule has 5 nitrogen and oxygen atoms in total. The topological polar surface area (TPSA) is 61.9 Å². The number of amides is 1. The molecule has 6 heteroatoms. The molecular weight excluding hydrogens is 248 g/mol. The second-order valence-electron chi connectivity index (χ2n) is 4.52. The summed E-state index contributed by atoms with van der Waals surface area (Å²) in [6.45, 7) is 3.45. The first-order chi connectivity index (χ1) is 8.75. The predicted molar refractivity (Wildman–Crippen MR) is 68.7 cm³/mol. The Hall–Kier alpha value is -1.69. The van der Waals surface area contributed by atoms with Crippen molar-refractivity contribution in [2.75, 3.05) is 13.1 Å². The summed E-state index contributed by atoms with van der Waals surface area (Å²) in [6, 6.07) is 1.98. The number of aryl methyl sites for hydroxylation is 1. The van der Waals surface area contributed by atoms with Crippen LogP contribution in [0, 0.1) is 6.92 Å². The molecule has 1 aliphatic rings. The third-order valence-electron chi connectivity index (χ3n) is 3.38. The van der Waals surface area contributed by atoms with E-state index in [0.717, 1.165) is 35.8 Å². The Balaban J connectivity index is 1.73. The molecule has 1 atom stereocenters. The van der Waals surface area contributed by atoms with Crippen LogP contribution in [-0.4, -0.2) is 39.1 Å². The van der Waals surface area contributed by atoms with Crippen molar-refractivity contribution < 1.29 is 4.79 Å². The van der Waals surface area contributed by atoms with E-state index in [4.69, 9.17) is 0 Å². The van der Waals surface area contributed by atoms with Crippen LogP contribution in [0.1, 0.15) is 33.4 Å². The van der Waals surface area contributed by atoms with Gasteiger partial charge in [-0.25, -0.2) is 4.98 Å². The molecule has 1 amide bonds. The van der Waals surface area contributed by atoms with Gasteiger partial charge in [0, 0.05) is 30.9 Å². The highest BCUT2D eigenvalue weighted by molar-refractivity contribution is 7.11. The Morgan fingerprint density at radius 1 is 1.61 bits per heavy atom. The second-order valence-corrected chi connectivity index (χ2v) is 5.37. The van der Waals surface area contributed by atoms with Gasteiger partial charge < -0.3 is 4.90 Å². The van der Waals surface area contributed by atoms with E-state index in [0.29, 0.717) is 5.92 Å². The lowest BCUT2D eigenvalue weighted by molar-refractivity contribution is 0.0794. The van der Waals surface area contributed by atoms with E-state index < -0.39 is 0 Å². The zero-order valence-corrected chi connectivity index (χ0v) is 10.9. The monoisotopic (exact) mass is 262 g/mol. The van der Waals surface area contributed by atoms with E-state index >= 15 is 0 Å². The average molecular weight is 262 g/mol. The van der Waals surface area contributed by atoms with Crippen molar-refractivity contribution in [3.63, 3.8) is 0 Å². The van der Waals surface area contributed by atoms with Crippen LogP contribution in [-0.2, 0) is 0 Å². The van der Waals surface area contributed by atoms with Crippen molar-refractivity contribution in [3.05, 3.63) is 34.0 Å². The van der Waals surface area contributed by atoms with Gasteiger partial charge in [0.05, 0.1) is 11.2 Å². The number of hydrogen-bond acceptors (Lipinski definition) is 4. The molecule has 3 heterocycles. The Bertz CT molecular complexity index is 548. The molecule has 0 radical (unpaired) electrons. The Morgan fingerprint density at radius 2 is 2.50 bits per heavy atom. The number of likely N-dealkylation sites (tertiary alicyclic amines) is 1. The number of aromatic nitrogens is 3. The fraction of sp³-hybridized carbons (Fsp3) is 0.417. The Labute approximate surface area is 109 Å². The van der Waals surface area contributed by atoms with E-state index in [-0.39, 0.29) is 5.91 Å². The standard InChI is InChI=1S/C12H14N4OS/c1-8-11(18-7-13-8)12(17)16-5-3-9(6-16)10-2-4-14-15-10/h2,4,7,9H,3,5-6H2,1H3,(H,14,15)/t9-/m1/s1. The third kappa shape index (κ3) is 1.92. The van der Waals surface area contributed by atoms with Gasteiger partial charge in [-0.1, -0.05) is 0 Å². The first kappa shape index (κ1) is 11.4. The second kappa shape index (κ2) is 4.53. The van der Waals surface area contributed by atoms with Crippen LogP contribution in [0.15, 0.2) is 17.8 Å². The number of hydrogen-bond donors (Lipinski definition) is 1. The molecule has 2 aromatic heterocycles. The Morgan fingerprint density at radius 3 is 3.17 bits per heavy atom. The minimum absolute atomic E-state index is 0.108. The number of carbonyl (C=O) groups is 1.